The van der Waals surface area contributed by atoms with E-state index in [1.165, 1.54) is 13.2 Å². The van der Waals surface area contributed by atoms with Gasteiger partial charge >= 0.3 is 0 Å². The van der Waals surface area contributed by atoms with Crippen LogP contribution in [-0.4, -0.2) is 7.11 Å². The Kier molecular flexibility index (Phi) is 3.58. The SMILES string of the molecule is C.COc1ccc(C)cc1F. The Morgan fingerprint density at radius 1 is 1.36 bits per heavy atom. The molecule has 62 valence electrons. The first-order chi connectivity index (χ1) is 4.74. The van der Waals surface area contributed by atoms with Crippen LogP contribution in [0.5, 0.6) is 5.75 Å². The first-order valence-electron chi connectivity index (χ1n) is 3.04. The van der Waals surface area contributed by atoms with E-state index >= 15 is 0 Å². The molecule has 0 fully saturated rings. The summed E-state index contributed by atoms with van der Waals surface area (Å²) in [6.45, 7) is 1.84. The number of rotatable bonds is 1. The highest BCUT2D eigenvalue weighted by molar-refractivity contribution is 5.28. The average molecular weight is 156 g/mol. The minimum absolute atomic E-state index is 0. The molecule has 0 atom stereocenters. The lowest BCUT2D eigenvalue weighted by Gasteiger charge is -2.00. The Morgan fingerprint density at radius 2 is 2.00 bits per heavy atom. The normalized spacial score (nSPS) is 8.64. The molecule has 11 heavy (non-hydrogen) atoms. The summed E-state index contributed by atoms with van der Waals surface area (Å²) in [6, 6.07) is 4.87. The maximum atomic E-state index is 12.7. The molecule has 0 aromatic heterocycles. The number of hydrogen-bond acceptors (Lipinski definition) is 1. The van der Waals surface area contributed by atoms with E-state index in [0.717, 1.165) is 5.56 Å². The van der Waals surface area contributed by atoms with Crippen molar-refractivity contribution in [2.24, 2.45) is 0 Å². The van der Waals surface area contributed by atoms with Gasteiger partial charge in [-0.15, -0.1) is 0 Å². The summed E-state index contributed by atoms with van der Waals surface area (Å²) >= 11 is 0. The van der Waals surface area contributed by atoms with Gasteiger partial charge in [0.15, 0.2) is 11.6 Å². The Morgan fingerprint density at radius 3 is 2.45 bits per heavy atom. The molecule has 1 rings (SSSR count). The molecule has 0 saturated heterocycles. The van der Waals surface area contributed by atoms with Crippen LogP contribution >= 0.6 is 0 Å². The molecule has 0 bridgehead atoms. The largest absolute Gasteiger partial charge is 0.494 e. The van der Waals surface area contributed by atoms with E-state index in [-0.39, 0.29) is 13.2 Å². The fourth-order valence-corrected chi connectivity index (χ4v) is 0.771. The van der Waals surface area contributed by atoms with Crippen LogP contribution in [0.3, 0.4) is 0 Å². The summed E-state index contributed by atoms with van der Waals surface area (Å²) in [4.78, 5) is 0. The quantitative estimate of drug-likeness (QED) is 0.607. The van der Waals surface area contributed by atoms with Gasteiger partial charge in [-0.1, -0.05) is 13.5 Å². The highest BCUT2D eigenvalue weighted by Gasteiger charge is 1.98. The second kappa shape index (κ2) is 3.96. The average Bonchev–Trinajstić information content (AvgIpc) is 1.88. The Labute approximate surface area is 66.8 Å². The third-order valence-corrected chi connectivity index (χ3v) is 1.31. The van der Waals surface area contributed by atoms with E-state index in [1.54, 1.807) is 6.07 Å². The van der Waals surface area contributed by atoms with Crippen molar-refractivity contribution in [3.05, 3.63) is 29.6 Å². The molecule has 0 aliphatic rings. The first-order valence-corrected chi connectivity index (χ1v) is 3.04. The maximum Gasteiger partial charge on any atom is 0.165 e. The van der Waals surface area contributed by atoms with Crippen molar-refractivity contribution < 1.29 is 9.13 Å². The van der Waals surface area contributed by atoms with Crippen LogP contribution in [0, 0.1) is 12.7 Å². The Bertz CT molecular complexity index is 233. The molecule has 0 aliphatic heterocycles. The van der Waals surface area contributed by atoms with Crippen molar-refractivity contribution in [2.45, 2.75) is 14.4 Å². The number of hydrogen-bond donors (Lipinski definition) is 0. The molecular weight excluding hydrogens is 143 g/mol. The molecule has 0 spiro atoms. The molecule has 1 aromatic carbocycles. The van der Waals surface area contributed by atoms with E-state index in [9.17, 15) is 4.39 Å². The number of halogens is 1. The number of methoxy groups -OCH3 is 1. The standard InChI is InChI=1S/C8H9FO.CH4/c1-6-3-4-8(10-2)7(9)5-6;/h3-5H,1-2H3;1H4. The monoisotopic (exact) mass is 156 g/mol. The molecule has 0 amide bonds. The molecule has 1 nitrogen and oxygen atoms in total. The summed E-state index contributed by atoms with van der Waals surface area (Å²) in [7, 11) is 1.45. The zero-order valence-electron chi connectivity index (χ0n) is 6.02. The van der Waals surface area contributed by atoms with Crippen LogP contribution in [0.1, 0.15) is 13.0 Å². The van der Waals surface area contributed by atoms with Gasteiger partial charge in [-0.25, -0.2) is 4.39 Å². The van der Waals surface area contributed by atoms with Gasteiger partial charge in [-0.3, -0.25) is 0 Å². The number of benzene rings is 1. The molecule has 1 aromatic rings. The van der Waals surface area contributed by atoms with Crippen LogP contribution in [0.4, 0.5) is 4.39 Å². The third-order valence-electron chi connectivity index (χ3n) is 1.31. The van der Waals surface area contributed by atoms with Gasteiger partial charge in [-0.05, 0) is 24.6 Å². The fourth-order valence-electron chi connectivity index (χ4n) is 0.771. The second-order valence-electron chi connectivity index (χ2n) is 2.14. The second-order valence-corrected chi connectivity index (χ2v) is 2.14. The van der Waals surface area contributed by atoms with Gasteiger partial charge in [-0.2, -0.15) is 0 Å². The fraction of sp³-hybridized carbons (Fsp3) is 0.333. The van der Waals surface area contributed by atoms with Gasteiger partial charge in [0, 0.05) is 0 Å². The van der Waals surface area contributed by atoms with Crippen LogP contribution < -0.4 is 4.74 Å². The van der Waals surface area contributed by atoms with Crippen LogP contribution in [-0.2, 0) is 0 Å². The molecule has 0 aliphatic carbocycles. The van der Waals surface area contributed by atoms with Gasteiger partial charge in [0.1, 0.15) is 0 Å². The van der Waals surface area contributed by atoms with Gasteiger partial charge in [0.05, 0.1) is 7.11 Å². The van der Waals surface area contributed by atoms with E-state index in [0.29, 0.717) is 5.75 Å². The van der Waals surface area contributed by atoms with E-state index in [4.69, 9.17) is 4.74 Å². The summed E-state index contributed by atoms with van der Waals surface area (Å²) in [6.07, 6.45) is 0. The van der Waals surface area contributed by atoms with Crippen molar-refractivity contribution in [3.63, 3.8) is 0 Å². The van der Waals surface area contributed by atoms with E-state index < -0.39 is 0 Å². The zero-order valence-corrected chi connectivity index (χ0v) is 6.02. The summed E-state index contributed by atoms with van der Waals surface area (Å²) in [5.74, 6) is -0.00639. The number of ether oxygens (including phenoxy) is 1. The molecule has 0 saturated carbocycles. The summed E-state index contributed by atoms with van der Waals surface area (Å²) < 4.78 is 17.5. The van der Waals surface area contributed by atoms with Crippen LogP contribution in [0.25, 0.3) is 0 Å². The lowest BCUT2D eigenvalue weighted by atomic mass is 10.2. The van der Waals surface area contributed by atoms with Crippen molar-refractivity contribution in [2.75, 3.05) is 7.11 Å². The molecular formula is C9H13FO. The van der Waals surface area contributed by atoms with Crippen LogP contribution in [0.2, 0.25) is 0 Å². The van der Waals surface area contributed by atoms with Gasteiger partial charge in [0.2, 0.25) is 0 Å². The van der Waals surface area contributed by atoms with Crippen molar-refractivity contribution in [1.29, 1.82) is 0 Å². The predicted octanol–water partition coefficient (Wildman–Crippen LogP) is 2.78. The van der Waals surface area contributed by atoms with Crippen molar-refractivity contribution in [3.8, 4) is 5.75 Å². The Hall–Kier alpha value is -1.05. The highest BCUT2D eigenvalue weighted by atomic mass is 19.1. The summed E-state index contributed by atoms with van der Waals surface area (Å²) in [5.41, 5.74) is 0.901. The smallest absolute Gasteiger partial charge is 0.165 e. The maximum absolute atomic E-state index is 12.7. The van der Waals surface area contributed by atoms with Crippen LogP contribution in [0.15, 0.2) is 18.2 Å². The zero-order chi connectivity index (χ0) is 7.56. The molecule has 0 heterocycles. The summed E-state index contributed by atoms with van der Waals surface area (Å²) in [5, 5.41) is 0. The molecule has 0 N–H and O–H groups in total. The predicted molar refractivity (Wildman–Crippen MR) is 44.4 cm³/mol. The van der Waals surface area contributed by atoms with Crippen molar-refractivity contribution >= 4 is 0 Å². The number of aryl methyl sites for hydroxylation is 1. The van der Waals surface area contributed by atoms with Gasteiger partial charge < -0.3 is 4.74 Å². The van der Waals surface area contributed by atoms with E-state index in [2.05, 4.69) is 0 Å². The topological polar surface area (TPSA) is 9.23 Å². The highest BCUT2D eigenvalue weighted by Crippen LogP contribution is 2.16. The van der Waals surface area contributed by atoms with Gasteiger partial charge in [0.25, 0.3) is 0 Å². The lowest BCUT2D eigenvalue weighted by Crippen LogP contribution is -1.87. The molecule has 2 heteroatoms. The minimum atomic E-state index is -0.303. The minimum Gasteiger partial charge on any atom is -0.494 e. The molecule has 0 unspecified atom stereocenters. The Balaban J connectivity index is 0.000001000. The first kappa shape index (κ1) is 9.95. The van der Waals surface area contributed by atoms with E-state index in [1.807, 2.05) is 13.0 Å². The van der Waals surface area contributed by atoms with Crippen molar-refractivity contribution in [1.82, 2.24) is 0 Å². The molecule has 0 radical (unpaired) electrons. The third kappa shape index (κ3) is 2.22. The lowest BCUT2D eigenvalue weighted by molar-refractivity contribution is 0.386.